The first kappa shape index (κ1) is 25.8. The monoisotopic (exact) mass is 495 g/mol. The highest BCUT2D eigenvalue weighted by Crippen LogP contribution is 2.32. The van der Waals surface area contributed by atoms with E-state index >= 15 is 0 Å². The molecule has 0 aromatic heterocycles. The summed E-state index contributed by atoms with van der Waals surface area (Å²) < 4.78 is 17.9. The van der Waals surface area contributed by atoms with Gasteiger partial charge in [0.1, 0.15) is 29.6 Å². The molecule has 0 atom stereocenters. The van der Waals surface area contributed by atoms with Gasteiger partial charge in [-0.05, 0) is 78.6 Å². The van der Waals surface area contributed by atoms with Gasteiger partial charge in [0.2, 0.25) is 0 Å². The molecule has 5 heteroatoms. The Labute approximate surface area is 219 Å². The molecule has 4 aromatic carbocycles. The van der Waals surface area contributed by atoms with Gasteiger partial charge in [-0.25, -0.2) is 0 Å². The lowest BCUT2D eigenvalue weighted by Crippen LogP contribution is -2.14. The van der Waals surface area contributed by atoms with Crippen molar-refractivity contribution in [2.24, 2.45) is 0 Å². The molecule has 0 aliphatic heterocycles. The van der Waals surface area contributed by atoms with Crippen molar-refractivity contribution in [1.29, 1.82) is 0 Å². The molecule has 1 N–H and O–H groups in total. The summed E-state index contributed by atoms with van der Waals surface area (Å²) in [5, 5.41) is 2.95. The number of para-hydroxylation sites is 2. The highest BCUT2D eigenvalue weighted by molar-refractivity contribution is 6.04. The summed E-state index contributed by atoms with van der Waals surface area (Å²) in [6, 6.07) is 30.3. The van der Waals surface area contributed by atoms with Crippen LogP contribution in [-0.4, -0.2) is 12.5 Å². The SMILES string of the molecule is CCOc1ccc(C(=O)Nc2ccc(Oc3ccccc3)cc2)cc1COc1ccccc1C(C)(C)C. The molecule has 0 aliphatic carbocycles. The van der Waals surface area contributed by atoms with Crippen LogP contribution in [0.1, 0.15) is 49.2 Å². The minimum Gasteiger partial charge on any atom is -0.493 e. The summed E-state index contributed by atoms with van der Waals surface area (Å²) in [5.41, 5.74) is 3.08. The Morgan fingerprint density at radius 3 is 2.14 bits per heavy atom. The van der Waals surface area contributed by atoms with Gasteiger partial charge in [-0.15, -0.1) is 0 Å². The molecule has 0 saturated heterocycles. The van der Waals surface area contributed by atoms with E-state index in [-0.39, 0.29) is 17.9 Å². The molecule has 0 aliphatic rings. The molecule has 0 unspecified atom stereocenters. The number of amides is 1. The summed E-state index contributed by atoms with van der Waals surface area (Å²) in [5.74, 6) is 2.77. The zero-order valence-electron chi connectivity index (χ0n) is 21.8. The molecule has 37 heavy (non-hydrogen) atoms. The van der Waals surface area contributed by atoms with E-state index in [4.69, 9.17) is 14.2 Å². The maximum absolute atomic E-state index is 13.0. The van der Waals surface area contributed by atoms with Gasteiger partial charge in [0.05, 0.1) is 6.61 Å². The number of rotatable bonds is 9. The van der Waals surface area contributed by atoms with Gasteiger partial charge in [0.25, 0.3) is 5.91 Å². The van der Waals surface area contributed by atoms with E-state index in [2.05, 4.69) is 32.2 Å². The van der Waals surface area contributed by atoms with Crippen molar-refractivity contribution in [2.75, 3.05) is 11.9 Å². The molecular weight excluding hydrogens is 462 g/mol. The molecule has 0 bridgehead atoms. The maximum Gasteiger partial charge on any atom is 0.255 e. The second-order valence-electron chi connectivity index (χ2n) is 9.68. The second kappa shape index (κ2) is 11.7. The summed E-state index contributed by atoms with van der Waals surface area (Å²) in [7, 11) is 0. The summed E-state index contributed by atoms with van der Waals surface area (Å²) >= 11 is 0. The topological polar surface area (TPSA) is 56.8 Å². The van der Waals surface area contributed by atoms with E-state index in [0.717, 1.165) is 22.6 Å². The van der Waals surface area contributed by atoms with Gasteiger partial charge < -0.3 is 19.5 Å². The smallest absolute Gasteiger partial charge is 0.255 e. The minimum absolute atomic E-state index is 0.0528. The van der Waals surface area contributed by atoms with Crippen LogP contribution >= 0.6 is 0 Å². The van der Waals surface area contributed by atoms with Crippen molar-refractivity contribution in [3.8, 4) is 23.0 Å². The van der Waals surface area contributed by atoms with Crippen molar-refractivity contribution in [3.05, 3.63) is 114 Å². The average Bonchev–Trinajstić information content (AvgIpc) is 2.89. The standard InChI is InChI=1S/C32H33NO4/c1-5-35-29-20-15-23(21-24(29)22-36-30-14-10-9-13-28(30)32(2,3)4)31(34)33-25-16-18-27(19-17-25)37-26-11-7-6-8-12-26/h6-21H,5,22H2,1-4H3,(H,33,34). The third kappa shape index (κ3) is 6.91. The number of benzene rings is 4. The van der Waals surface area contributed by atoms with Gasteiger partial charge in [-0.1, -0.05) is 57.2 Å². The van der Waals surface area contributed by atoms with Crippen molar-refractivity contribution in [2.45, 2.75) is 39.7 Å². The number of anilines is 1. The molecule has 4 rings (SSSR count). The fraction of sp³-hybridized carbons (Fsp3) is 0.219. The molecule has 0 saturated carbocycles. The van der Waals surface area contributed by atoms with Crippen LogP contribution in [-0.2, 0) is 12.0 Å². The van der Waals surface area contributed by atoms with Gasteiger partial charge in [0, 0.05) is 16.8 Å². The quantitative estimate of drug-likeness (QED) is 0.255. The van der Waals surface area contributed by atoms with E-state index in [0.29, 0.717) is 29.4 Å². The van der Waals surface area contributed by atoms with Crippen LogP contribution in [0.15, 0.2) is 97.1 Å². The summed E-state index contributed by atoms with van der Waals surface area (Å²) in [4.78, 5) is 13.0. The lowest BCUT2D eigenvalue weighted by Gasteiger charge is -2.23. The van der Waals surface area contributed by atoms with Crippen LogP contribution in [0, 0.1) is 0 Å². The van der Waals surface area contributed by atoms with E-state index in [1.807, 2.05) is 91.9 Å². The van der Waals surface area contributed by atoms with Crippen LogP contribution < -0.4 is 19.5 Å². The molecule has 0 spiro atoms. The lowest BCUT2D eigenvalue weighted by molar-refractivity contribution is 0.102. The molecule has 0 heterocycles. The maximum atomic E-state index is 13.0. The van der Waals surface area contributed by atoms with Gasteiger partial charge in [-0.2, -0.15) is 0 Å². The molecular formula is C32H33NO4. The van der Waals surface area contributed by atoms with Crippen LogP contribution in [0.25, 0.3) is 0 Å². The van der Waals surface area contributed by atoms with Gasteiger partial charge in [0.15, 0.2) is 0 Å². The third-order valence-electron chi connectivity index (χ3n) is 5.79. The Morgan fingerprint density at radius 2 is 1.43 bits per heavy atom. The highest BCUT2D eigenvalue weighted by Gasteiger charge is 2.19. The number of nitrogens with one attached hydrogen (secondary N) is 1. The molecule has 190 valence electrons. The molecule has 4 aromatic rings. The Kier molecular flexibility index (Phi) is 8.14. The number of carbonyl (C=O) groups excluding carboxylic acids is 1. The Bertz CT molecular complexity index is 1330. The highest BCUT2D eigenvalue weighted by atomic mass is 16.5. The first-order valence-electron chi connectivity index (χ1n) is 12.5. The Balaban J connectivity index is 1.47. The minimum atomic E-state index is -0.212. The van der Waals surface area contributed by atoms with E-state index < -0.39 is 0 Å². The van der Waals surface area contributed by atoms with Gasteiger partial charge in [-0.3, -0.25) is 4.79 Å². The summed E-state index contributed by atoms with van der Waals surface area (Å²) in [6.07, 6.45) is 0. The summed E-state index contributed by atoms with van der Waals surface area (Å²) in [6.45, 7) is 9.22. The Hall–Kier alpha value is -4.25. The van der Waals surface area contributed by atoms with Crippen molar-refractivity contribution in [1.82, 2.24) is 0 Å². The van der Waals surface area contributed by atoms with Crippen LogP contribution in [0.3, 0.4) is 0 Å². The van der Waals surface area contributed by atoms with Gasteiger partial charge >= 0.3 is 0 Å². The number of carbonyl (C=O) groups is 1. The second-order valence-corrected chi connectivity index (χ2v) is 9.68. The fourth-order valence-corrected chi connectivity index (χ4v) is 3.93. The van der Waals surface area contributed by atoms with E-state index in [9.17, 15) is 4.79 Å². The normalized spacial score (nSPS) is 11.0. The van der Waals surface area contributed by atoms with Crippen LogP contribution in [0.4, 0.5) is 5.69 Å². The van der Waals surface area contributed by atoms with Crippen LogP contribution in [0.5, 0.6) is 23.0 Å². The van der Waals surface area contributed by atoms with E-state index in [1.165, 1.54) is 0 Å². The fourth-order valence-electron chi connectivity index (χ4n) is 3.93. The first-order chi connectivity index (χ1) is 17.8. The first-order valence-corrected chi connectivity index (χ1v) is 12.5. The number of ether oxygens (including phenoxy) is 3. The number of hydrogen-bond acceptors (Lipinski definition) is 4. The third-order valence-corrected chi connectivity index (χ3v) is 5.79. The van der Waals surface area contributed by atoms with E-state index in [1.54, 1.807) is 6.07 Å². The lowest BCUT2D eigenvalue weighted by atomic mass is 9.86. The molecule has 5 nitrogen and oxygen atoms in total. The number of hydrogen-bond donors (Lipinski definition) is 1. The van der Waals surface area contributed by atoms with Crippen molar-refractivity contribution in [3.63, 3.8) is 0 Å². The largest absolute Gasteiger partial charge is 0.493 e. The predicted molar refractivity (Wildman–Crippen MR) is 148 cm³/mol. The molecule has 0 fully saturated rings. The average molecular weight is 496 g/mol. The van der Waals surface area contributed by atoms with Crippen molar-refractivity contribution < 1.29 is 19.0 Å². The van der Waals surface area contributed by atoms with Crippen molar-refractivity contribution >= 4 is 11.6 Å². The molecule has 0 radical (unpaired) electrons. The zero-order chi connectivity index (χ0) is 26.3. The Morgan fingerprint density at radius 1 is 0.757 bits per heavy atom. The predicted octanol–water partition coefficient (Wildman–Crippen LogP) is 8.01. The van der Waals surface area contributed by atoms with Crippen LogP contribution in [0.2, 0.25) is 0 Å². The molecule has 1 amide bonds. The zero-order valence-corrected chi connectivity index (χ0v) is 21.8.